The third-order valence-electron chi connectivity index (χ3n) is 3.29. The van der Waals surface area contributed by atoms with Gasteiger partial charge in [0.05, 0.1) is 22.3 Å². The number of carbonyl (C=O) groups excluding carboxylic acids is 2. The minimum atomic E-state index is -0.454. The number of rotatable bonds is 4. The van der Waals surface area contributed by atoms with Crippen LogP contribution in [-0.4, -0.2) is 23.5 Å². The van der Waals surface area contributed by atoms with E-state index in [9.17, 15) is 9.59 Å². The van der Waals surface area contributed by atoms with Gasteiger partial charge in [-0.2, -0.15) is 0 Å². The Morgan fingerprint density at radius 2 is 2.00 bits per heavy atom. The number of nitrogens with zero attached hydrogens (tertiary/aromatic N) is 1. The number of anilines is 1. The number of carbonyl (C=O) groups is 2. The first kappa shape index (κ1) is 18.1. The van der Waals surface area contributed by atoms with Gasteiger partial charge >= 0.3 is 5.97 Å². The topological polar surface area (TPSA) is 68.3 Å². The average Bonchev–Trinajstić information content (AvgIpc) is 3.09. The fraction of sp³-hybridized carbons (Fsp3) is 0.188. The predicted octanol–water partition coefficient (Wildman–Crippen LogP) is 5.40. The summed E-state index contributed by atoms with van der Waals surface area (Å²) < 4.78 is 5.79. The van der Waals surface area contributed by atoms with Crippen molar-refractivity contribution in [2.45, 2.75) is 13.8 Å². The van der Waals surface area contributed by atoms with Gasteiger partial charge in [-0.15, -0.1) is 11.3 Å². The Bertz CT molecular complexity index is 981. The zero-order chi connectivity index (χ0) is 18.1. The van der Waals surface area contributed by atoms with E-state index in [0.29, 0.717) is 36.0 Å². The highest BCUT2D eigenvalue weighted by molar-refractivity contribution is 7.22. The lowest BCUT2D eigenvalue weighted by molar-refractivity contribution is 0.0531. The lowest BCUT2D eigenvalue weighted by Crippen LogP contribution is -2.10. The Hall–Kier alpha value is -1.67. The second kappa shape index (κ2) is 7.29. The van der Waals surface area contributed by atoms with Crippen LogP contribution in [0.2, 0.25) is 10.0 Å². The number of fused-ring (bicyclic) bond motifs is 1. The van der Waals surface area contributed by atoms with Crippen molar-refractivity contribution < 1.29 is 14.3 Å². The van der Waals surface area contributed by atoms with Crippen molar-refractivity contribution in [3.05, 3.63) is 43.7 Å². The largest absolute Gasteiger partial charge is 0.462 e. The summed E-state index contributed by atoms with van der Waals surface area (Å²) in [6.45, 7) is 3.69. The Morgan fingerprint density at radius 1 is 1.24 bits per heavy atom. The zero-order valence-corrected chi connectivity index (χ0v) is 16.3. The Morgan fingerprint density at radius 3 is 2.68 bits per heavy atom. The smallest absolute Gasteiger partial charge is 0.350 e. The fourth-order valence-electron chi connectivity index (χ4n) is 2.21. The molecule has 0 saturated heterocycles. The van der Waals surface area contributed by atoms with Gasteiger partial charge in [-0.05, 0) is 26.0 Å². The number of thiophene rings is 1. The first-order valence-electron chi connectivity index (χ1n) is 7.24. The van der Waals surface area contributed by atoms with Crippen LogP contribution in [0.15, 0.2) is 18.2 Å². The molecule has 3 rings (SSSR count). The second-order valence-corrected chi connectivity index (χ2v) is 7.80. The highest BCUT2D eigenvalue weighted by Crippen LogP contribution is 2.39. The van der Waals surface area contributed by atoms with Gasteiger partial charge in [0.15, 0.2) is 5.13 Å². The van der Waals surface area contributed by atoms with Crippen molar-refractivity contribution in [1.29, 1.82) is 0 Å². The Kier molecular flexibility index (Phi) is 5.29. The third kappa shape index (κ3) is 3.50. The molecule has 0 saturated carbocycles. The van der Waals surface area contributed by atoms with E-state index in [1.165, 1.54) is 11.3 Å². The highest BCUT2D eigenvalue weighted by Gasteiger charge is 2.22. The van der Waals surface area contributed by atoms with E-state index in [2.05, 4.69) is 10.3 Å². The van der Waals surface area contributed by atoms with Crippen LogP contribution < -0.4 is 5.32 Å². The van der Waals surface area contributed by atoms with Crippen molar-refractivity contribution >= 4 is 73.0 Å². The lowest BCUT2D eigenvalue weighted by atomic mass is 10.2. The first-order chi connectivity index (χ1) is 11.9. The Labute approximate surface area is 161 Å². The van der Waals surface area contributed by atoms with Gasteiger partial charge in [0.25, 0.3) is 5.91 Å². The van der Waals surface area contributed by atoms with Crippen LogP contribution in [0.1, 0.15) is 32.0 Å². The summed E-state index contributed by atoms with van der Waals surface area (Å²) in [6, 6.07) is 5.37. The average molecular weight is 415 g/mol. The van der Waals surface area contributed by atoms with E-state index in [1.54, 1.807) is 26.0 Å². The van der Waals surface area contributed by atoms with Crippen molar-refractivity contribution in [2.75, 3.05) is 11.9 Å². The van der Waals surface area contributed by atoms with Crippen LogP contribution in [0.25, 0.3) is 10.1 Å². The van der Waals surface area contributed by atoms with E-state index in [1.807, 2.05) is 6.07 Å². The summed E-state index contributed by atoms with van der Waals surface area (Å²) in [5.74, 6) is -0.851. The van der Waals surface area contributed by atoms with Crippen LogP contribution in [0, 0.1) is 6.92 Å². The van der Waals surface area contributed by atoms with Gasteiger partial charge in [-0.3, -0.25) is 10.1 Å². The van der Waals surface area contributed by atoms with E-state index in [4.69, 9.17) is 27.9 Å². The maximum atomic E-state index is 12.6. The second-order valence-electron chi connectivity index (χ2n) is 4.97. The third-order valence-corrected chi connectivity index (χ3v) is 6.30. The normalized spacial score (nSPS) is 10.9. The minimum Gasteiger partial charge on any atom is -0.462 e. The van der Waals surface area contributed by atoms with Gasteiger partial charge in [-0.25, -0.2) is 9.78 Å². The van der Waals surface area contributed by atoms with E-state index < -0.39 is 11.9 Å². The summed E-state index contributed by atoms with van der Waals surface area (Å²) in [6.07, 6.45) is 0. The minimum absolute atomic E-state index is 0.274. The number of nitrogens with one attached hydrogen (secondary N) is 1. The number of esters is 1. The molecule has 0 aliphatic carbocycles. The molecule has 0 radical (unpaired) electrons. The molecule has 0 unspecified atom stereocenters. The van der Waals surface area contributed by atoms with Crippen molar-refractivity contribution in [2.24, 2.45) is 0 Å². The number of thiazole rings is 1. The quantitative estimate of drug-likeness (QED) is 0.579. The van der Waals surface area contributed by atoms with Gasteiger partial charge in [-0.1, -0.05) is 40.6 Å². The van der Waals surface area contributed by atoms with Gasteiger partial charge in [0.1, 0.15) is 9.75 Å². The summed E-state index contributed by atoms with van der Waals surface area (Å²) in [5.41, 5.74) is 0.504. The molecule has 9 heteroatoms. The standard InChI is InChI=1S/C16H12Cl2N2O3S2/c1-3-23-15(22)12-7(2)19-16(25-12)20-14(21)13-11(18)10-8(17)5-4-6-9(10)24-13/h4-6H,3H2,1-2H3,(H,19,20,21). The molecule has 1 aromatic carbocycles. The number of aryl methyl sites for hydroxylation is 1. The number of aromatic nitrogens is 1. The predicted molar refractivity (Wildman–Crippen MR) is 103 cm³/mol. The molecule has 3 aromatic rings. The first-order valence-corrected chi connectivity index (χ1v) is 9.63. The summed E-state index contributed by atoms with van der Waals surface area (Å²) in [4.78, 5) is 29.3. The molecule has 5 nitrogen and oxygen atoms in total. The molecule has 0 bridgehead atoms. The molecular weight excluding hydrogens is 403 g/mol. The molecule has 1 amide bonds. The number of hydrogen-bond donors (Lipinski definition) is 1. The molecule has 2 heterocycles. The van der Waals surface area contributed by atoms with Crippen LogP contribution in [0.5, 0.6) is 0 Å². The molecule has 1 N–H and O–H groups in total. The van der Waals surface area contributed by atoms with Crippen molar-refractivity contribution in [3.63, 3.8) is 0 Å². The lowest BCUT2D eigenvalue weighted by Gasteiger charge is -1.99. The summed E-state index contributed by atoms with van der Waals surface area (Å²) >= 11 is 14.8. The van der Waals surface area contributed by atoms with Crippen LogP contribution in [0.4, 0.5) is 5.13 Å². The zero-order valence-electron chi connectivity index (χ0n) is 13.2. The number of hydrogen-bond acceptors (Lipinski definition) is 6. The van der Waals surface area contributed by atoms with Crippen molar-refractivity contribution in [1.82, 2.24) is 4.98 Å². The van der Waals surface area contributed by atoms with E-state index in [-0.39, 0.29) is 6.61 Å². The number of benzene rings is 1. The van der Waals surface area contributed by atoms with Gasteiger partial charge in [0.2, 0.25) is 0 Å². The maximum Gasteiger partial charge on any atom is 0.350 e. The van der Waals surface area contributed by atoms with Crippen LogP contribution in [-0.2, 0) is 4.74 Å². The molecular formula is C16H12Cl2N2O3S2. The van der Waals surface area contributed by atoms with Crippen molar-refractivity contribution in [3.8, 4) is 0 Å². The molecule has 0 spiro atoms. The summed E-state index contributed by atoms with van der Waals surface area (Å²) in [7, 11) is 0. The van der Waals surface area contributed by atoms with E-state index in [0.717, 1.165) is 16.0 Å². The van der Waals surface area contributed by atoms with Gasteiger partial charge in [0, 0.05) is 10.1 Å². The number of amides is 1. The fourth-order valence-corrected chi connectivity index (χ4v) is 4.91. The molecule has 0 aliphatic rings. The molecule has 25 heavy (non-hydrogen) atoms. The monoisotopic (exact) mass is 414 g/mol. The SMILES string of the molecule is CCOC(=O)c1sc(NC(=O)c2sc3cccc(Cl)c3c2Cl)nc1C. The number of ether oxygens (including phenoxy) is 1. The maximum absolute atomic E-state index is 12.6. The molecule has 0 fully saturated rings. The molecule has 0 atom stereocenters. The van der Waals surface area contributed by atoms with Gasteiger partial charge < -0.3 is 4.74 Å². The molecule has 2 aromatic heterocycles. The molecule has 0 aliphatic heterocycles. The van der Waals surface area contributed by atoms with E-state index >= 15 is 0 Å². The Balaban J connectivity index is 1.88. The number of halogens is 2. The highest BCUT2D eigenvalue weighted by atomic mass is 35.5. The van der Waals surface area contributed by atoms with Crippen LogP contribution in [0.3, 0.4) is 0 Å². The summed E-state index contributed by atoms with van der Waals surface area (Å²) in [5, 5.41) is 4.45. The molecule has 130 valence electrons. The van der Waals surface area contributed by atoms with Crippen LogP contribution >= 0.6 is 45.9 Å².